The summed E-state index contributed by atoms with van der Waals surface area (Å²) in [5, 5.41) is 9.97. The number of halogens is 13. The summed E-state index contributed by atoms with van der Waals surface area (Å²) in [7, 11) is 0. The fraction of sp³-hybridized carbons (Fsp3) is 0.684. The second kappa shape index (κ2) is 8.19. The lowest BCUT2D eigenvalue weighted by molar-refractivity contribution is -0.444. The van der Waals surface area contributed by atoms with Gasteiger partial charge in [0.15, 0.2) is 0 Å². The van der Waals surface area contributed by atoms with Gasteiger partial charge in [-0.15, -0.1) is 0 Å². The molecule has 192 valence electrons. The molecule has 0 amide bonds. The van der Waals surface area contributed by atoms with Crippen LogP contribution >= 0.6 is 0 Å². The van der Waals surface area contributed by atoms with Crippen LogP contribution < -0.4 is 0 Å². The normalized spacial score (nSPS) is 17.2. The summed E-state index contributed by atoms with van der Waals surface area (Å²) in [5.74, 6) is -40.8. The lowest BCUT2D eigenvalue weighted by Crippen LogP contribution is -2.71. The maximum absolute atomic E-state index is 14.3. The average molecular weight is 510 g/mol. The van der Waals surface area contributed by atoms with Crippen LogP contribution in [-0.4, -0.2) is 40.9 Å². The van der Waals surface area contributed by atoms with Crippen molar-refractivity contribution in [3.63, 3.8) is 0 Å². The molecule has 1 aromatic carbocycles. The molecular weight excluding hydrogens is 491 g/mol. The van der Waals surface area contributed by atoms with E-state index in [1.54, 1.807) is 20.8 Å². The molecule has 1 nitrogen and oxygen atoms in total. The third-order valence-corrected chi connectivity index (χ3v) is 5.12. The van der Waals surface area contributed by atoms with Gasteiger partial charge in [-0.3, -0.25) is 0 Å². The Hall–Kier alpha value is -1.73. The highest BCUT2D eigenvalue weighted by atomic mass is 19.4. The molecule has 0 aliphatic heterocycles. The molecule has 1 aromatic rings. The van der Waals surface area contributed by atoms with Gasteiger partial charge in [0.05, 0.1) is 12.0 Å². The first kappa shape index (κ1) is 29.3. The van der Waals surface area contributed by atoms with Crippen molar-refractivity contribution in [3.8, 4) is 0 Å². The molecule has 0 spiro atoms. The van der Waals surface area contributed by atoms with Gasteiger partial charge in [-0.05, 0) is 16.5 Å². The molecule has 33 heavy (non-hydrogen) atoms. The molecule has 0 aliphatic rings. The van der Waals surface area contributed by atoms with Crippen LogP contribution in [0.3, 0.4) is 0 Å². The minimum atomic E-state index is -7.97. The van der Waals surface area contributed by atoms with E-state index >= 15 is 0 Å². The zero-order valence-electron chi connectivity index (χ0n) is 17.3. The van der Waals surface area contributed by atoms with E-state index in [2.05, 4.69) is 0 Å². The Labute approximate surface area is 179 Å². The van der Waals surface area contributed by atoms with Gasteiger partial charge in [-0.25, -0.2) is 0 Å². The van der Waals surface area contributed by atoms with E-state index in [0.717, 1.165) is 12.1 Å². The number of hydrogen-bond acceptors (Lipinski definition) is 1. The second-order valence-corrected chi connectivity index (χ2v) is 8.52. The summed E-state index contributed by atoms with van der Waals surface area (Å²) < 4.78 is 173. The highest BCUT2D eigenvalue weighted by Crippen LogP contribution is 2.61. The van der Waals surface area contributed by atoms with E-state index < -0.39 is 58.8 Å². The number of hydrogen-bond donors (Lipinski definition) is 1. The van der Waals surface area contributed by atoms with E-state index in [1.807, 2.05) is 0 Å². The summed E-state index contributed by atoms with van der Waals surface area (Å²) in [5.41, 5.74) is -0.492. The third kappa shape index (κ3) is 4.51. The SMILES string of the molecule is CC(C(O)c1ccc(C(C)(C)C)cc1)C(F)(F)C(F)(F)C(F)(F)C(F)(F)C(F)(F)C(F)(F)F. The summed E-state index contributed by atoms with van der Waals surface area (Å²) in [4.78, 5) is 0. The Morgan fingerprint density at radius 1 is 0.606 bits per heavy atom. The number of rotatable bonds is 7. The molecular formula is C19H19F13O. The van der Waals surface area contributed by atoms with Crippen molar-refractivity contribution in [2.24, 2.45) is 5.92 Å². The zero-order chi connectivity index (χ0) is 26.6. The van der Waals surface area contributed by atoms with Gasteiger partial charge in [0.1, 0.15) is 0 Å². The van der Waals surface area contributed by atoms with Crippen molar-refractivity contribution in [3.05, 3.63) is 35.4 Å². The Morgan fingerprint density at radius 2 is 0.970 bits per heavy atom. The van der Waals surface area contributed by atoms with Crippen LogP contribution in [0.25, 0.3) is 0 Å². The number of aliphatic hydroxyl groups excluding tert-OH is 1. The van der Waals surface area contributed by atoms with Gasteiger partial charge in [0.25, 0.3) is 0 Å². The summed E-state index contributed by atoms with van der Waals surface area (Å²) >= 11 is 0. The molecule has 14 heteroatoms. The van der Waals surface area contributed by atoms with Gasteiger partial charge in [0, 0.05) is 0 Å². The highest BCUT2D eigenvalue weighted by molar-refractivity contribution is 5.29. The monoisotopic (exact) mass is 510 g/mol. The van der Waals surface area contributed by atoms with Gasteiger partial charge < -0.3 is 5.11 Å². The van der Waals surface area contributed by atoms with Crippen molar-refractivity contribution in [2.45, 2.75) is 75.0 Å². The number of alkyl halides is 13. The first-order chi connectivity index (χ1) is 14.3. The predicted octanol–water partition coefficient (Wildman–Crippen LogP) is 7.39. The minimum absolute atomic E-state index is 0.0202. The molecule has 0 saturated heterocycles. The Balaban J connectivity index is 3.43. The van der Waals surface area contributed by atoms with Crippen LogP contribution in [0.4, 0.5) is 57.1 Å². The smallest absolute Gasteiger partial charge is 0.388 e. The molecule has 0 heterocycles. The van der Waals surface area contributed by atoms with Crippen molar-refractivity contribution >= 4 is 0 Å². The second-order valence-electron chi connectivity index (χ2n) is 8.52. The first-order valence-corrected chi connectivity index (χ1v) is 9.02. The summed E-state index contributed by atoms with van der Waals surface area (Å²) in [6.45, 7) is 5.17. The van der Waals surface area contributed by atoms with Gasteiger partial charge in [0.2, 0.25) is 0 Å². The highest BCUT2D eigenvalue weighted by Gasteiger charge is 2.91. The third-order valence-electron chi connectivity index (χ3n) is 5.12. The van der Waals surface area contributed by atoms with E-state index in [1.165, 1.54) is 12.1 Å². The van der Waals surface area contributed by atoms with Gasteiger partial charge >= 0.3 is 35.8 Å². The standard InChI is InChI=1S/C19H19F13O/c1-9(12(33)10-5-7-11(8-6-10)13(2,3)4)14(20,21)15(22,23)16(24,25)17(26,27)18(28,29)19(30,31)32/h5-9,12,33H,1-4H3. The van der Waals surface area contributed by atoms with Crippen molar-refractivity contribution in [1.29, 1.82) is 0 Å². The lowest BCUT2D eigenvalue weighted by atomic mass is 9.82. The van der Waals surface area contributed by atoms with Gasteiger partial charge in [-0.2, -0.15) is 57.1 Å². The van der Waals surface area contributed by atoms with Crippen LogP contribution in [-0.2, 0) is 5.41 Å². The molecule has 1 N–H and O–H groups in total. The van der Waals surface area contributed by atoms with E-state index in [4.69, 9.17) is 0 Å². The zero-order valence-corrected chi connectivity index (χ0v) is 17.3. The maximum atomic E-state index is 14.3. The van der Waals surface area contributed by atoms with Crippen molar-refractivity contribution < 1.29 is 62.2 Å². The molecule has 0 saturated carbocycles. The maximum Gasteiger partial charge on any atom is 0.460 e. The molecule has 0 aliphatic carbocycles. The number of aliphatic hydroxyl groups is 1. The Bertz CT molecular complexity index is 820. The fourth-order valence-electron chi connectivity index (χ4n) is 2.73. The lowest BCUT2D eigenvalue weighted by Gasteiger charge is -2.42. The van der Waals surface area contributed by atoms with Crippen LogP contribution in [0, 0.1) is 5.92 Å². The molecule has 2 atom stereocenters. The molecule has 1 rings (SSSR count). The topological polar surface area (TPSA) is 20.2 Å². The van der Waals surface area contributed by atoms with Crippen LogP contribution in [0.2, 0.25) is 0 Å². The molecule has 0 radical (unpaired) electrons. The minimum Gasteiger partial charge on any atom is -0.388 e. The molecule has 0 bridgehead atoms. The largest absolute Gasteiger partial charge is 0.460 e. The average Bonchev–Trinajstić information content (AvgIpc) is 2.64. The Morgan fingerprint density at radius 3 is 1.30 bits per heavy atom. The number of benzene rings is 1. The molecule has 0 fully saturated rings. The van der Waals surface area contributed by atoms with Crippen LogP contribution in [0.5, 0.6) is 0 Å². The summed E-state index contributed by atoms with van der Waals surface area (Å²) in [6, 6.07) is 4.41. The molecule has 0 aromatic heterocycles. The predicted molar refractivity (Wildman–Crippen MR) is 90.1 cm³/mol. The summed E-state index contributed by atoms with van der Waals surface area (Å²) in [6.07, 6.45) is -10.2. The van der Waals surface area contributed by atoms with Crippen molar-refractivity contribution in [1.82, 2.24) is 0 Å². The first-order valence-electron chi connectivity index (χ1n) is 9.02. The van der Waals surface area contributed by atoms with Crippen LogP contribution in [0.1, 0.15) is 44.9 Å². The van der Waals surface area contributed by atoms with Crippen molar-refractivity contribution in [2.75, 3.05) is 0 Å². The van der Waals surface area contributed by atoms with Crippen LogP contribution in [0.15, 0.2) is 24.3 Å². The van der Waals surface area contributed by atoms with E-state index in [9.17, 15) is 62.2 Å². The quantitative estimate of drug-likeness (QED) is 0.380. The van der Waals surface area contributed by atoms with E-state index in [-0.39, 0.29) is 6.92 Å². The Kier molecular flexibility index (Phi) is 7.27. The fourth-order valence-corrected chi connectivity index (χ4v) is 2.73. The molecule has 2 unspecified atom stereocenters. The van der Waals surface area contributed by atoms with Gasteiger partial charge in [-0.1, -0.05) is 52.0 Å². The van der Waals surface area contributed by atoms with E-state index in [0.29, 0.717) is 5.56 Å².